The summed E-state index contributed by atoms with van der Waals surface area (Å²) >= 11 is 0. The Bertz CT molecular complexity index is 945. The molecule has 1 unspecified atom stereocenters. The van der Waals surface area contributed by atoms with E-state index in [4.69, 9.17) is 0 Å². The van der Waals surface area contributed by atoms with Gasteiger partial charge in [-0.2, -0.15) is 0 Å². The molecule has 1 aliphatic rings. The van der Waals surface area contributed by atoms with Gasteiger partial charge < -0.3 is 14.8 Å². The van der Waals surface area contributed by atoms with Crippen LogP contribution >= 0.6 is 0 Å². The van der Waals surface area contributed by atoms with Gasteiger partial charge in [0.1, 0.15) is 5.69 Å². The lowest BCUT2D eigenvalue weighted by Gasteiger charge is -2.16. The summed E-state index contributed by atoms with van der Waals surface area (Å²) in [7, 11) is 1.96. The van der Waals surface area contributed by atoms with Gasteiger partial charge in [-0.3, -0.25) is 4.79 Å². The smallest absolute Gasteiger partial charge is 0.267 e. The zero-order chi connectivity index (χ0) is 18.8. The highest BCUT2D eigenvalue weighted by Gasteiger charge is 2.23. The standard InChI is InChI=1S/C23H27N3O/c1-17-8-9-19-15-22(25(2)21(19)14-17)23(27)24-11-13-26-12-10-20(16-26)18-6-4-3-5-7-18/h3-9,14-15,20H,10-13,16H2,1-2H3,(H,24,27). The highest BCUT2D eigenvalue weighted by atomic mass is 16.1. The van der Waals surface area contributed by atoms with Crippen molar-refractivity contribution in [3.05, 3.63) is 71.4 Å². The summed E-state index contributed by atoms with van der Waals surface area (Å²) in [6, 6.07) is 19.0. The Morgan fingerprint density at radius 1 is 1.15 bits per heavy atom. The Morgan fingerprint density at radius 2 is 1.96 bits per heavy atom. The summed E-state index contributed by atoms with van der Waals surface area (Å²) in [6.45, 7) is 5.83. The summed E-state index contributed by atoms with van der Waals surface area (Å²) in [6.07, 6.45) is 1.19. The molecule has 1 aromatic heterocycles. The summed E-state index contributed by atoms with van der Waals surface area (Å²) in [5.74, 6) is 0.619. The van der Waals surface area contributed by atoms with Gasteiger partial charge in [0.05, 0.1) is 0 Å². The fraction of sp³-hybridized carbons (Fsp3) is 0.348. The summed E-state index contributed by atoms with van der Waals surface area (Å²) in [5.41, 5.74) is 4.46. The van der Waals surface area contributed by atoms with Crippen molar-refractivity contribution in [3.8, 4) is 0 Å². The van der Waals surface area contributed by atoms with Gasteiger partial charge in [-0.25, -0.2) is 0 Å². The number of aryl methyl sites for hydroxylation is 2. The number of benzene rings is 2. The van der Waals surface area contributed by atoms with Crippen LogP contribution < -0.4 is 5.32 Å². The van der Waals surface area contributed by atoms with Crippen LogP contribution in [0.1, 0.15) is 34.0 Å². The van der Waals surface area contributed by atoms with Gasteiger partial charge in [0.15, 0.2) is 0 Å². The third-order valence-corrected chi connectivity index (χ3v) is 5.69. The normalized spacial score (nSPS) is 17.5. The van der Waals surface area contributed by atoms with Crippen molar-refractivity contribution < 1.29 is 4.79 Å². The Balaban J connectivity index is 1.32. The lowest BCUT2D eigenvalue weighted by Crippen LogP contribution is -2.34. The van der Waals surface area contributed by atoms with Gasteiger partial charge in [-0.1, -0.05) is 42.5 Å². The average molecular weight is 361 g/mol. The lowest BCUT2D eigenvalue weighted by molar-refractivity contribution is 0.0942. The fourth-order valence-electron chi connectivity index (χ4n) is 4.11. The lowest BCUT2D eigenvalue weighted by atomic mass is 9.99. The first-order chi connectivity index (χ1) is 13.1. The minimum Gasteiger partial charge on any atom is -0.349 e. The van der Waals surface area contributed by atoms with Gasteiger partial charge in [0.25, 0.3) is 5.91 Å². The molecule has 1 saturated heterocycles. The second-order valence-electron chi connectivity index (χ2n) is 7.60. The quantitative estimate of drug-likeness (QED) is 0.752. The summed E-state index contributed by atoms with van der Waals surface area (Å²) < 4.78 is 1.99. The number of carbonyl (C=O) groups is 1. The number of rotatable bonds is 5. The average Bonchev–Trinajstić information content (AvgIpc) is 3.28. The molecule has 3 aromatic rings. The molecule has 27 heavy (non-hydrogen) atoms. The van der Waals surface area contributed by atoms with Gasteiger partial charge in [0, 0.05) is 37.6 Å². The number of fused-ring (bicyclic) bond motifs is 1. The molecule has 1 fully saturated rings. The fourth-order valence-corrected chi connectivity index (χ4v) is 4.11. The van der Waals surface area contributed by atoms with Crippen molar-refractivity contribution in [3.63, 3.8) is 0 Å². The SMILES string of the molecule is Cc1ccc2cc(C(=O)NCCN3CCC(c4ccccc4)C3)n(C)c2c1. The second-order valence-corrected chi connectivity index (χ2v) is 7.60. The van der Waals surface area contributed by atoms with Crippen molar-refractivity contribution in [1.29, 1.82) is 0 Å². The first-order valence-electron chi connectivity index (χ1n) is 9.73. The van der Waals surface area contributed by atoms with E-state index in [1.54, 1.807) is 0 Å². The van der Waals surface area contributed by atoms with E-state index in [9.17, 15) is 4.79 Å². The zero-order valence-corrected chi connectivity index (χ0v) is 16.1. The third kappa shape index (κ3) is 3.76. The molecule has 1 aliphatic heterocycles. The molecule has 4 heteroatoms. The monoisotopic (exact) mass is 361 g/mol. The molecule has 2 heterocycles. The van der Waals surface area contributed by atoms with E-state index >= 15 is 0 Å². The maximum atomic E-state index is 12.6. The number of hydrogen-bond donors (Lipinski definition) is 1. The van der Waals surface area contributed by atoms with Crippen molar-refractivity contribution in [2.45, 2.75) is 19.3 Å². The molecule has 1 amide bonds. The number of carbonyl (C=O) groups excluding carboxylic acids is 1. The predicted molar refractivity (Wildman–Crippen MR) is 110 cm³/mol. The highest BCUT2D eigenvalue weighted by molar-refractivity contribution is 5.98. The van der Waals surface area contributed by atoms with E-state index in [0.717, 1.165) is 36.2 Å². The molecular weight excluding hydrogens is 334 g/mol. The molecule has 1 N–H and O–H groups in total. The number of amides is 1. The molecule has 0 bridgehead atoms. The molecule has 0 saturated carbocycles. The van der Waals surface area contributed by atoms with Gasteiger partial charge in [-0.15, -0.1) is 0 Å². The molecule has 4 nitrogen and oxygen atoms in total. The van der Waals surface area contributed by atoms with E-state index in [1.807, 2.05) is 17.7 Å². The number of aromatic nitrogens is 1. The van der Waals surface area contributed by atoms with Crippen LogP contribution in [0.4, 0.5) is 0 Å². The van der Waals surface area contributed by atoms with Crippen molar-refractivity contribution in [1.82, 2.24) is 14.8 Å². The van der Waals surface area contributed by atoms with Crippen LogP contribution in [0.25, 0.3) is 10.9 Å². The van der Waals surface area contributed by atoms with Crippen LogP contribution in [0, 0.1) is 6.92 Å². The molecule has 0 radical (unpaired) electrons. The molecule has 4 rings (SSSR count). The summed E-state index contributed by atoms with van der Waals surface area (Å²) in [5, 5.41) is 4.21. The molecule has 0 spiro atoms. The van der Waals surface area contributed by atoms with Gasteiger partial charge in [-0.05, 0) is 49.1 Å². The third-order valence-electron chi connectivity index (χ3n) is 5.69. The molecule has 140 valence electrons. The Labute approximate surface area is 160 Å². The highest BCUT2D eigenvalue weighted by Crippen LogP contribution is 2.26. The minimum absolute atomic E-state index is 0.00478. The van der Waals surface area contributed by atoms with E-state index in [2.05, 4.69) is 65.7 Å². The number of hydrogen-bond acceptors (Lipinski definition) is 2. The molecular formula is C23H27N3O. The number of nitrogens with zero attached hydrogens (tertiary/aromatic N) is 2. The zero-order valence-electron chi connectivity index (χ0n) is 16.1. The summed E-state index contributed by atoms with van der Waals surface area (Å²) in [4.78, 5) is 15.1. The van der Waals surface area contributed by atoms with Crippen molar-refractivity contribution in [2.24, 2.45) is 7.05 Å². The first kappa shape index (κ1) is 17.8. The van der Waals surface area contributed by atoms with Crippen LogP contribution in [-0.4, -0.2) is 41.6 Å². The van der Waals surface area contributed by atoms with Crippen LogP contribution in [0.5, 0.6) is 0 Å². The van der Waals surface area contributed by atoms with E-state index in [-0.39, 0.29) is 5.91 Å². The van der Waals surface area contributed by atoms with Crippen LogP contribution in [0.3, 0.4) is 0 Å². The van der Waals surface area contributed by atoms with Crippen LogP contribution in [0.2, 0.25) is 0 Å². The first-order valence-corrected chi connectivity index (χ1v) is 9.73. The van der Waals surface area contributed by atoms with Crippen LogP contribution in [0.15, 0.2) is 54.6 Å². The van der Waals surface area contributed by atoms with E-state index < -0.39 is 0 Å². The van der Waals surface area contributed by atoms with Crippen molar-refractivity contribution in [2.75, 3.05) is 26.2 Å². The largest absolute Gasteiger partial charge is 0.349 e. The maximum Gasteiger partial charge on any atom is 0.267 e. The maximum absolute atomic E-state index is 12.6. The second kappa shape index (κ2) is 7.57. The Morgan fingerprint density at radius 3 is 2.78 bits per heavy atom. The predicted octanol–water partition coefficient (Wildman–Crippen LogP) is 3.71. The van der Waals surface area contributed by atoms with Gasteiger partial charge in [0.2, 0.25) is 0 Å². The Kier molecular flexibility index (Phi) is 4.99. The van der Waals surface area contributed by atoms with E-state index in [1.165, 1.54) is 17.5 Å². The van der Waals surface area contributed by atoms with Gasteiger partial charge >= 0.3 is 0 Å². The Hall–Kier alpha value is -2.59. The number of likely N-dealkylation sites (tertiary alicyclic amines) is 1. The topological polar surface area (TPSA) is 37.3 Å². The number of nitrogens with one attached hydrogen (secondary N) is 1. The van der Waals surface area contributed by atoms with Crippen LogP contribution in [-0.2, 0) is 7.05 Å². The van der Waals surface area contributed by atoms with Crippen molar-refractivity contribution >= 4 is 16.8 Å². The van der Waals surface area contributed by atoms with E-state index in [0.29, 0.717) is 12.5 Å². The minimum atomic E-state index is 0.00478. The molecule has 2 aromatic carbocycles. The molecule has 1 atom stereocenters. The molecule has 0 aliphatic carbocycles.